The van der Waals surface area contributed by atoms with E-state index >= 15 is 0 Å². The number of aryl methyl sites for hydroxylation is 1. The van der Waals surface area contributed by atoms with Crippen LogP contribution in [-0.2, 0) is 6.42 Å². The molecule has 4 rings (SSSR count). The summed E-state index contributed by atoms with van der Waals surface area (Å²) in [7, 11) is 0. The second-order valence-corrected chi connectivity index (χ2v) is 7.46. The summed E-state index contributed by atoms with van der Waals surface area (Å²) < 4.78 is 0. The van der Waals surface area contributed by atoms with Crippen molar-refractivity contribution in [1.82, 2.24) is 15.0 Å². The Labute approximate surface area is 154 Å². The third-order valence-corrected chi connectivity index (χ3v) is 5.64. The molecule has 1 aliphatic heterocycles. The highest BCUT2D eigenvalue weighted by Gasteiger charge is 2.35. The first-order valence-electron chi connectivity index (χ1n) is 9.48. The molecule has 1 fully saturated rings. The topological polar surface area (TPSA) is 65.0 Å². The number of aliphatic hydroxyl groups is 1. The Hall–Kier alpha value is -2.40. The molecule has 0 spiro atoms. The van der Waals surface area contributed by atoms with Gasteiger partial charge in [0.05, 0.1) is 12.0 Å². The van der Waals surface area contributed by atoms with E-state index in [2.05, 4.69) is 50.2 Å². The van der Waals surface area contributed by atoms with E-state index in [0.717, 1.165) is 62.0 Å². The largest absolute Gasteiger partial charge is 0.396 e. The van der Waals surface area contributed by atoms with Crippen LogP contribution in [0.5, 0.6) is 0 Å². The summed E-state index contributed by atoms with van der Waals surface area (Å²) in [4.78, 5) is 14.3. The van der Waals surface area contributed by atoms with E-state index in [1.807, 2.05) is 12.3 Å². The van der Waals surface area contributed by atoms with Gasteiger partial charge in [-0.25, -0.2) is 9.97 Å². The van der Waals surface area contributed by atoms with Crippen molar-refractivity contribution >= 4 is 16.9 Å². The lowest BCUT2D eigenvalue weighted by molar-refractivity contribution is 0.0939. The summed E-state index contributed by atoms with van der Waals surface area (Å²) in [6.45, 7) is 2.08. The number of aliphatic hydroxyl groups excluding tert-OH is 1. The highest BCUT2D eigenvalue weighted by molar-refractivity contribution is 5.87. The van der Waals surface area contributed by atoms with Crippen LogP contribution in [0.25, 0.3) is 11.0 Å². The predicted octanol–water partition coefficient (Wildman–Crippen LogP) is 3.56. The van der Waals surface area contributed by atoms with Crippen LogP contribution in [-0.4, -0.2) is 39.8 Å². The summed E-state index contributed by atoms with van der Waals surface area (Å²) in [5.41, 5.74) is 2.21. The van der Waals surface area contributed by atoms with Crippen molar-refractivity contribution in [3.05, 3.63) is 54.5 Å². The molecule has 136 valence electrons. The van der Waals surface area contributed by atoms with Gasteiger partial charge in [0.2, 0.25) is 0 Å². The first-order valence-corrected chi connectivity index (χ1v) is 9.48. The van der Waals surface area contributed by atoms with Gasteiger partial charge in [-0.05, 0) is 43.7 Å². The van der Waals surface area contributed by atoms with Gasteiger partial charge in [-0.1, -0.05) is 30.3 Å². The van der Waals surface area contributed by atoms with Crippen molar-refractivity contribution in [1.29, 1.82) is 0 Å². The van der Waals surface area contributed by atoms with Crippen molar-refractivity contribution in [2.24, 2.45) is 5.41 Å². The van der Waals surface area contributed by atoms with Crippen LogP contribution in [0.4, 0.5) is 5.82 Å². The highest BCUT2D eigenvalue weighted by Crippen LogP contribution is 2.37. The van der Waals surface area contributed by atoms with E-state index in [9.17, 15) is 5.11 Å². The molecule has 1 unspecified atom stereocenters. The molecule has 0 amide bonds. The van der Waals surface area contributed by atoms with Gasteiger partial charge < -0.3 is 15.0 Å². The van der Waals surface area contributed by atoms with Crippen molar-refractivity contribution in [2.75, 3.05) is 24.6 Å². The Kier molecular flexibility index (Phi) is 4.89. The van der Waals surface area contributed by atoms with Gasteiger partial charge in [0.25, 0.3) is 0 Å². The number of benzene rings is 1. The first kappa shape index (κ1) is 17.0. The highest BCUT2D eigenvalue weighted by atomic mass is 16.3. The molecule has 3 aromatic rings. The zero-order chi connectivity index (χ0) is 17.8. The predicted molar refractivity (Wildman–Crippen MR) is 104 cm³/mol. The van der Waals surface area contributed by atoms with Crippen molar-refractivity contribution in [3.8, 4) is 0 Å². The first-order chi connectivity index (χ1) is 12.8. The molecule has 1 saturated heterocycles. The third kappa shape index (κ3) is 3.44. The fraction of sp³-hybridized carbons (Fsp3) is 0.429. The summed E-state index contributed by atoms with van der Waals surface area (Å²) in [5, 5.41) is 11.3. The Morgan fingerprint density at radius 1 is 1.15 bits per heavy atom. The molecule has 0 aliphatic carbocycles. The number of hydrogen-bond acceptors (Lipinski definition) is 4. The number of anilines is 1. The number of nitrogens with one attached hydrogen (secondary N) is 1. The monoisotopic (exact) mass is 350 g/mol. The minimum Gasteiger partial charge on any atom is -0.396 e. The molecule has 0 radical (unpaired) electrons. The summed E-state index contributed by atoms with van der Waals surface area (Å²) in [5.74, 6) is 0.983. The van der Waals surface area contributed by atoms with Gasteiger partial charge in [0.1, 0.15) is 17.8 Å². The number of fused-ring (bicyclic) bond motifs is 1. The second-order valence-electron chi connectivity index (χ2n) is 7.46. The van der Waals surface area contributed by atoms with E-state index in [0.29, 0.717) is 0 Å². The van der Waals surface area contributed by atoms with Crippen LogP contribution in [0.3, 0.4) is 0 Å². The van der Waals surface area contributed by atoms with E-state index in [-0.39, 0.29) is 12.0 Å². The van der Waals surface area contributed by atoms with Crippen LogP contribution in [0.1, 0.15) is 31.2 Å². The smallest absolute Gasteiger partial charge is 0.142 e. The number of piperidine rings is 1. The molecule has 26 heavy (non-hydrogen) atoms. The minimum atomic E-state index is -0.0411. The lowest BCUT2D eigenvalue weighted by atomic mass is 9.76. The molecule has 2 aromatic heterocycles. The molecule has 5 heteroatoms. The van der Waals surface area contributed by atoms with Gasteiger partial charge in [-0.2, -0.15) is 0 Å². The molecule has 3 heterocycles. The molecular formula is C21H26N4O. The zero-order valence-electron chi connectivity index (χ0n) is 15.1. The van der Waals surface area contributed by atoms with Crippen LogP contribution in [0.15, 0.2) is 48.9 Å². The average molecular weight is 350 g/mol. The number of H-pyrrole nitrogens is 1. The molecule has 5 nitrogen and oxygen atoms in total. The Morgan fingerprint density at radius 3 is 2.88 bits per heavy atom. The van der Waals surface area contributed by atoms with Gasteiger partial charge in [0.15, 0.2) is 0 Å². The Balaban J connectivity index is 1.47. The number of nitrogens with zero attached hydrogens (tertiary/aromatic N) is 3. The van der Waals surface area contributed by atoms with Crippen LogP contribution in [0.2, 0.25) is 0 Å². The summed E-state index contributed by atoms with van der Waals surface area (Å²) >= 11 is 0. The normalized spacial score (nSPS) is 20.6. The maximum atomic E-state index is 10.2. The van der Waals surface area contributed by atoms with Gasteiger partial charge in [0, 0.05) is 24.7 Å². The van der Waals surface area contributed by atoms with Crippen LogP contribution >= 0.6 is 0 Å². The van der Waals surface area contributed by atoms with E-state index < -0.39 is 0 Å². The fourth-order valence-electron chi connectivity index (χ4n) is 4.22. The SMILES string of the molecule is OCC1(CCCc2ccccc2)CCCN(c2ncnc3[nH]ccc23)C1. The number of rotatable bonds is 6. The standard InChI is InChI=1S/C21H26N4O/c26-15-21(10-4-8-17-6-2-1-3-7-17)11-5-13-25(14-21)20-18-9-12-22-19(18)23-16-24-20/h1-3,6-7,9,12,16,26H,4-5,8,10-11,13-15H2,(H,22,23,24). The molecule has 1 aliphatic rings. The van der Waals surface area contributed by atoms with Gasteiger partial charge in [-0.15, -0.1) is 0 Å². The molecule has 1 atom stereocenters. The van der Waals surface area contributed by atoms with Crippen molar-refractivity contribution in [3.63, 3.8) is 0 Å². The van der Waals surface area contributed by atoms with E-state index in [1.54, 1.807) is 6.33 Å². The quantitative estimate of drug-likeness (QED) is 0.713. The number of hydrogen-bond donors (Lipinski definition) is 2. The number of aromatic amines is 1. The van der Waals surface area contributed by atoms with E-state index in [1.165, 1.54) is 5.56 Å². The van der Waals surface area contributed by atoms with Crippen LogP contribution < -0.4 is 4.90 Å². The van der Waals surface area contributed by atoms with Crippen LogP contribution in [0, 0.1) is 5.41 Å². The summed E-state index contributed by atoms with van der Waals surface area (Å²) in [6, 6.07) is 12.6. The van der Waals surface area contributed by atoms with Crippen molar-refractivity contribution < 1.29 is 5.11 Å². The Morgan fingerprint density at radius 2 is 2.04 bits per heavy atom. The van der Waals surface area contributed by atoms with Gasteiger partial charge >= 0.3 is 0 Å². The molecule has 1 aromatic carbocycles. The third-order valence-electron chi connectivity index (χ3n) is 5.64. The van der Waals surface area contributed by atoms with Gasteiger partial charge in [-0.3, -0.25) is 0 Å². The summed E-state index contributed by atoms with van der Waals surface area (Å²) in [6.07, 6.45) is 8.90. The van der Waals surface area contributed by atoms with E-state index in [4.69, 9.17) is 0 Å². The maximum Gasteiger partial charge on any atom is 0.142 e. The minimum absolute atomic E-state index is 0.0411. The Bertz CT molecular complexity index is 847. The average Bonchev–Trinajstić information content (AvgIpc) is 3.18. The maximum absolute atomic E-state index is 10.2. The molecule has 0 saturated carbocycles. The van der Waals surface area contributed by atoms with Crippen molar-refractivity contribution in [2.45, 2.75) is 32.1 Å². The molecule has 0 bridgehead atoms. The fourth-order valence-corrected chi connectivity index (χ4v) is 4.22. The number of aromatic nitrogens is 3. The second kappa shape index (κ2) is 7.46. The lowest BCUT2D eigenvalue weighted by Crippen LogP contribution is -2.46. The molecular weight excluding hydrogens is 324 g/mol. The lowest BCUT2D eigenvalue weighted by Gasteiger charge is -2.42. The zero-order valence-corrected chi connectivity index (χ0v) is 15.1. The molecule has 2 N–H and O–H groups in total.